The molecule has 2 amide bonds. The normalized spacial score (nSPS) is 11.2. The number of hydrogen-bond acceptors (Lipinski definition) is 7. The number of phosphoric ester groups is 1. The van der Waals surface area contributed by atoms with E-state index in [1.165, 1.54) is 25.2 Å². The van der Waals surface area contributed by atoms with E-state index >= 15 is 0 Å². The number of pyridine rings is 1. The fraction of sp³-hybridized carbons (Fsp3) is 0.533. The Labute approximate surface area is 157 Å². The van der Waals surface area contributed by atoms with Gasteiger partial charge in [-0.15, -0.1) is 0 Å². The molecule has 11 nitrogen and oxygen atoms in total. The SMILES string of the molecule is CC(C)COC(=O)N(C)c1ncccc1CN(C)C(=O)OCOP(=O)(O)O. The average molecular weight is 405 g/mol. The number of carbonyl (C=O) groups is 2. The molecule has 0 fully saturated rings. The number of anilines is 1. The van der Waals surface area contributed by atoms with E-state index < -0.39 is 26.8 Å². The minimum atomic E-state index is -4.73. The molecular weight excluding hydrogens is 381 g/mol. The highest BCUT2D eigenvalue weighted by Crippen LogP contribution is 2.35. The summed E-state index contributed by atoms with van der Waals surface area (Å²) in [6.45, 7) is 3.22. The fourth-order valence-corrected chi connectivity index (χ4v) is 2.04. The third kappa shape index (κ3) is 8.35. The van der Waals surface area contributed by atoms with Gasteiger partial charge < -0.3 is 24.2 Å². The molecule has 0 saturated heterocycles. The van der Waals surface area contributed by atoms with Crippen LogP contribution in [0.4, 0.5) is 15.4 Å². The highest BCUT2D eigenvalue weighted by atomic mass is 31.2. The van der Waals surface area contributed by atoms with Gasteiger partial charge in [0.2, 0.25) is 6.79 Å². The van der Waals surface area contributed by atoms with Crippen LogP contribution in [0.1, 0.15) is 19.4 Å². The Morgan fingerprint density at radius 1 is 1.22 bits per heavy atom. The van der Waals surface area contributed by atoms with E-state index in [2.05, 4.69) is 14.2 Å². The quantitative estimate of drug-likeness (QED) is 0.491. The third-order valence-electron chi connectivity index (χ3n) is 3.12. The van der Waals surface area contributed by atoms with Gasteiger partial charge in [0.15, 0.2) is 0 Å². The molecule has 152 valence electrons. The smallest absolute Gasteiger partial charge is 0.449 e. The first-order chi connectivity index (χ1) is 12.5. The number of hydrogen-bond donors (Lipinski definition) is 2. The second kappa shape index (κ2) is 10.2. The molecule has 2 N–H and O–H groups in total. The van der Waals surface area contributed by atoms with Crippen molar-refractivity contribution in [1.82, 2.24) is 9.88 Å². The zero-order valence-corrected chi connectivity index (χ0v) is 16.5. The number of amides is 2. The summed E-state index contributed by atoms with van der Waals surface area (Å²) in [5.74, 6) is 0.485. The van der Waals surface area contributed by atoms with Crippen LogP contribution in [0.5, 0.6) is 0 Å². The lowest BCUT2D eigenvalue weighted by molar-refractivity contribution is 0.0229. The molecule has 12 heteroatoms. The molecule has 0 atom stereocenters. The number of aromatic nitrogens is 1. The van der Waals surface area contributed by atoms with Crippen LogP contribution in [0.15, 0.2) is 18.3 Å². The number of carbonyl (C=O) groups excluding carboxylic acids is 2. The Kier molecular flexibility index (Phi) is 8.64. The van der Waals surface area contributed by atoms with Crippen LogP contribution in [0.3, 0.4) is 0 Å². The summed E-state index contributed by atoms with van der Waals surface area (Å²) < 4.78 is 24.4. The maximum absolute atomic E-state index is 12.1. The van der Waals surface area contributed by atoms with Crippen LogP contribution in [-0.2, 0) is 25.1 Å². The van der Waals surface area contributed by atoms with Crippen LogP contribution < -0.4 is 4.90 Å². The molecule has 0 bridgehead atoms. The minimum Gasteiger partial charge on any atom is -0.449 e. The molecule has 0 spiro atoms. The zero-order valence-electron chi connectivity index (χ0n) is 15.6. The highest BCUT2D eigenvalue weighted by molar-refractivity contribution is 7.46. The van der Waals surface area contributed by atoms with Gasteiger partial charge in [-0.25, -0.2) is 23.7 Å². The zero-order chi connectivity index (χ0) is 20.6. The van der Waals surface area contributed by atoms with Gasteiger partial charge in [-0.3, -0.25) is 4.90 Å². The summed E-state index contributed by atoms with van der Waals surface area (Å²) in [6, 6.07) is 3.31. The van der Waals surface area contributed by atoms with Crippen molar-refractivity contribution in [2.45, 2.75) is 20.4 Å². The summed E-state index contributed by atoms with van der Waals surface area (Å²) >= 11 is 0. The molecule has 0 aliphatic carbocycles. The predicted octanol–water partition coefficient (Wildman–Crippen LogP) is 1.95. The van der Waals surface area contributed by atoms with Crippen molar-refractivity contribution >= 4 is 25.8 Å². The first-order valence-electron chi connectivity index (χ1n) is 7.93. The van der Waals surface area contributed by atoms with Crippen LogP contribution in [0, 0.1) is 5.92 Å². The van der Waals surface area contributed by atoms with Gasteiger partial charge in [0.1, 0.15) is 5.82 Å². The third-order valence-corrected chi connectivity index (χ3v) is 3.56. The van der Waals surface area contributed by atoms with Crippen molar-refractivity contribution < 1.29 is 37.9 Å². The second-order valence-electron chi connectivity index (χ2n) is 6.02. The fourth-order valence-electron chi connectivity index (χ4n) is 1.85. The van der Waals surface area contributed by atoms with E-state index in [0.29, 0.717) is 11.4 Å². The molecule has 0 aromatic carbocycles. The second-order valence-corrected chi connectivity index (χ2v) is 7.26. The van der Waals surface area contributed by atoms with Crippen molar-refractivity contribution in [2.75, 3.05) is 32.4 Å². The maximum atomic E-state index is 12.1. The molecule has 0 radical (unpaired) electrons. The van der Waals surface area contributed by atoms with Gasteiger partial charge in [0, 0.05) is 25.9 Å². The van der Waals surface area contributed by atoms with E-state index in [1.807, 2.05) is 13.8 Å². The summed E-state index contributed by atoms with van der Waals surface area (Å²) in [5.41, 5.74) is 0.539. The van der Waals surface area contributed by atoms with Crippen LogP contribution in [0.2, 0.25) is 0 Å². The lowest BCUT2D eigenvalue weighted by Crippen LogP contribution is -2.32. The van der Waals surface area contributed by atoms with Gasteiger partial charge >= 0.3 is 20.0 Å². The van der Waals surface area contributed by atoms with Crippen molar-refractivity contribution in [1.29, 1.82) is 0 Å². The van der Waals surface area contributed by atoms with Crippen molar-refractivity contribution in [3.05, 3.63) is 23.9 Å². The van der Waals surface area contributed by atoms with E-state index in [0.717, 1.165) is 4.90 Å². The Balaban J connectivity index is 2.73. The summed E-state index contributed by atoms with van der Waals surface area (Å²) in [4.78, 5) is 47.6. The summed E-state index contributed by atoms with van der Waals surface area (Å²) in [6.07, 6.45) is 0.0456. The number of rotatable bonds is 8. The molecule has 1 aromatic rings. The Hall–Kier alpha value is -2.20. The molecule has 1 heterocycles. The van der Waals surface area contributed by atoms with Gasteiger partial charge in [-0.05, 0) is 12.0 Å². The lowest BCUT2D eigenvalue weighted by Gasteiger charge is -2.22. The molecule has 0 saturated carbocycles. The van der Waals surface area contributed by atoms with Gasteiger partial charge in [0.05, 0.1) is 13.2 Å². The largest absolute Gasteiger partial charge is 0.472 e. The average Bonchev–Trinajstić information content (AvgIpc) is 2.58. The van der Waals surface area contributed by atoms with E-state index in [-0.39, 0.29) is 19.1 Å². The first kappa shape index (κ1) is 22.8. The molecule has 1 rings (SSSR count). The molecule has 0 aliphatic rings. The van der Waals surface area contributed by atoms with Crippen LogP contribution in [0.25, 0.3) is 0 Å². The summed E-state index contributed by atoms with van der Waals surface area (Å²) in [7, 11) is -1.82. The van der Waals surface area contributed by atoms with E-state index in [1.54, 1.807) is 12.1 Å². The molecule has 0 aliphatic heterocycles. The van der Waals surface area contributed by atoms with Crippen LogP contribution >= 0.6 is 7.82 Å². The molecule has 0 unspecified atom stereocenters. The van der Waals surface area contributed by atoms with Gasteiger partial charge in [-0.2, -0.15) is 0 Å². The van der Waals surface area contributed by atoms with Crippen molar-refractivity contribution in [2.24, 2.45) is 5.92 Å². The Morgan fingerprint density at radius 3 is 2.48 bits per heavy atom. The first-order valence-corrected chi connectivity index (χ1v) is 9.46. The van der Waals surface area contributed by atoms with Gasteiger partial charge in [-0.1, -0.05) is 19.9 Å². The van der Waals surface area contributed by atoms with E-state index in [4.69, 9.17) is 14.5 Å². The number of phosphoric acid groups is 1. The van der Waals surface area contributed by atoms with E-state index in [9.17, 15) is 14.2 Å². The molecule has 1 aromatic heterocycles. The monoisotopic (exact) mass is 405 g/mol. The lowest BCUT2D eigenvalue weighted by atomic mass is 10.2. The number of ether oxygens (including phenoxy) is 2. The number of nitrogens with zero attached hydrogens (tertiary/aromatic N) is 3. The molecule has 27 heavy (non-hydrogen) atoms. The van der Waals surface area contributed by atoms with Crippen LogP contribution in [-0.4, -0.2) is 59.4 Å². The Morgan fingerprint density at radius 2 is 1.89 bits per heavy atom. The van der Waals surface area contributed by atoms with Gasteiger partial charge in [0.25, 0.3) is 0 Å². The Bertz CT molecular complexity index is 693. The minimum absolute atomic E-state index is 0.0275. The molecular formula is C15H24N3O8P. The standard InChI is InChI=1S/C15H24N3O8P/c1-11(2)9-24-15(20)18(4)13-12(6-5-7-16-13)8-17(3)14(19)25-10-26-27(21,22)23/h5-7,11H,8-10H2,1-4H3,(H2,21,22,23). The van der Waals surface area contributed by atoms with Crippen molar-refractivity contribution in [3.8, 4) is 0 Å². The topological polar surface area (TPSA) is 139 Å². The highest BCUT2D eigenvalue weighted by Gasteiger charge is 2.21. The maximum Gasteiger partial charge on any atom is 0.472 e. The van der Waals surface area contributed by atoms with Crippen molar-refractivity contribution in [3.63, 3.8) is 0 Å². The predicted molar refractivity (Wildman–Crippen MR) is 94.8 cm³/mol. The summed E-state index contributed by atoms with van der Waals surface area (Å²) in [5, 5.41) is 0.